The van der Waals surface area contributed by atoms with Crippen LogP contribution in [0.2, 0.25) is 0 Å². The van der Waals surface area contributed by atoms with E-state index in [1.54, 1.807) is 0 Å². The van der Waals surface area contributed by atoms with Crippen molar-refractivity contribution >= 4 is 16.8 Å². The quantitative estimate of drug-likeness (QED) is 0.693. The van der Waals surface area contributed by atoms with Gasteiger partial charge in [0.1, 0.15) is 5.52 Å². The number of aromatic nitrogens is 5. The molecule has 0 amide bonds. The molecule has 0 saturated carbocycles. The third-order valence-electron chi connectivity index (χ3n) is 2.65. The lowest BCUT2D eigenvalue weighted by atomic mass is 10.4. The maximum Gasteiger partial charge on any atom is 0.452 e. The molecule has 3 heterocycles. The first kappa shape index (κ1) is 14.4. The van der Waals surface area contributed by atoms with Crippen LogP contribution >= 0.6 is 0 Å². The summed E-state index contributed by atoms with van der Waals surface area (Å²) in [5.74, 6) is -1.81. The Morgan fingerprint density at radius 1 is 1.18 bits per heavy atom. The molecule has 0 bridgehead atoms. The van der Waals surface area contributed by atoms with Crippen LogP contribution in [0.25, 0.3) is 16.8 Å². The second-order valence-corrected chi connectivity index (χ2v) is 4.15. The molecule has 116 valence electrons. The molecule has 0 spiro atoms. The normalized spacial score (nSPS) is 12.5. The lowest BCUT2D eigenvalue weighted by Crippen LogP contribution is -2.13. The first-order chi connectivity index (χ1) is 10.4. The van der Waals surface area contributed by atoms with Gasteiger partial charge in [0.25, 0.3) is 12.3 Å². The smallest absolute Gasteiger partial charge is 0.452 e. The van der Waals surface area contributed by atoms with Gasteiger partial charge < -0.3 is 4.74 Å². The van der Waals surface area contributed by atoms with Crippen LogP contribution in [0.4, 0.5) is 22.0 Å². The van der Waals surface area contributed by atoms with Crippen molar-refractivity contribution in [3.05, 3.63) is 24.2 Å². The van der Waals surface area contributed by atoms with E-state index in [1.165, 1.54) is 18.3 Å². The number of hydrogen-bond donors (Lipinski definition) is 0. The molecule has 6 nitrogen and oxygen atoms in total. The fourth-order valence-corrected chi connectivity index (χ4v) is 1.85. The SMILES string of the molecule is FC(F)COc1nc2cccnc2n2c(C(F)(F)F)nnc12. The minimum atomic E-state index is -4.80. The third-order valence-corrected chi connectivity index (χ3v) is 2.65. The molecule has 0 aromatic carbocycles. The summed E-state index contributed by atoms with van der Waals surface area (Å²) in [6, 6.07) is 2.81. The number of ether oxygens (including phenoxy) is 1. The zero-order chi connectivity index (χ0) is 15.9. The van der Waals surface area contributed by atoms with Crippen molar-refractivity contribution in [2.75, 3.05) is 6.61 Å². The Labute approximate surface area is 118 Å². The van der Waals surface area contributed by atoms with Crippen LogP contribution in [0.15, 0.2) is 18.3 Å². The predicted octanol–water partition coefficient (Wildman–Crippen LogP) is 2.34. The molecule has 0 unspecified atom stereocenters. The number of alkyl halides is 5. The molecule has 0 aliphatic heterocycles. The largest absolute Gasteiger partial charge is 0.469 e. The topological polar surface area (TPSA) is 65.2 Å². The summed E-state index contributed by atoms with van der Waals surface area (Å²) in [6.07, 6.45) is -6.34. The molecule has 0 fully saturated rings. The van der Waals surface area contributed by atoms with E-state index in [-0.39, 0.29) is 11.2 Å². The summed E-state index contributed by atoms with van der Waals surface area (Å²) >= 11 is 0. The zero-order valence-corrected chi connectivity index (χ0v) is 10.6. The van der Waals surface area contributed by atoms with E-state index >= 15 is 0 Å². The predicted molar refractivity (Wildman–Crippen MR) is 62.6 cm³/mol. The highest BCUT2D eigenvalue weighted by Gasteiger charge is 2.38. The van der Waals surface area contributed by atoms with Gasteiger partial charge in [0, 0.05) is 6.20 Å². The lowest BCUT2D eigenvalue weighted by Gasteiger charge is -2.09. The molecule has 3 rings (SSSR count). The second kappa shape index (κ2) is 5.00. The van der Waals surface area contributed by atoms with Crippen LogP contribution in [-0.4, -0.2) is 37.6 Å². The number of pyridine rings is 1. The molecule has 0 aliphatic carbocycles. The molecule has 0 N–H and O–H groups in total. The van der Waals surface area contributed by atoms with E-state index < -0.39 is 36.6 Å². The molecule has 0 saturated heterocycles. The van der Waals surface area contributed by atoms with E-state index in [4.69, 9.17) is 4.74 Å². The summed E-state index contributed by atoms with van der Waals surface area (Å²) in [5.41, 5.74) is -0.553. The Kier molecular flexibility index (Phi) is 3.26. The van der Waals surface area contributed by atoms with Gasteiger partial charge in [-0.25, -0.2) is 23.1 Å². The average Bonchev–Trinajstić information content (AvgIpc) is 2.90. The summed E-state index contributed by atoms with van der Waals surface area (Å²) in [5, 5.41) is 6.38. The van der Waals surface area contributed by atoms with Crippen LogP contribution in [-0.2, 0) is 6.18 Å². The van der Waals surface area contributed by atoms with Crippen LogP contribution in [0.5, 0.6) is 5.88 Å². The minimum Gasteiger partial charge on any atom is -0.469 e. The Hall–Kier alpha value is -2.59. The summed E-state index contributed by atoms with van der Waals surface area (Å²) in [6.45, 7) is -1.03. The summed E-state index contributed by atoms with van der Waals surface area (Å²) < 4.78 is 68.8. The van der Waals surface area contributed by atoms with Crippen molar-refractivity contribution < 1.29 is 26.7 Å². The van der Waals surface area contributed by atoms with Crippen molar-refractivity contribution in [3.63, 3.8) is 0 Å². The van der Waals surface area contributed by atoms with E-state index in [2.05, 4.69) is 20.2 Å². The highest BCUT2D eigenvalue weighted by atomic mass is 19.4. The Bertz CT molecular complexity index is 831. The fourth-order valence-electron chi connectivity index (χ4n) is 1.85. The number of hydrogen-bond acceptors (Lipinski definition) is 5. The van der Waals surface area contributed by atoms with Gasteiger partial charge in [-0.1, -0.05) is 0 Å². The molecule has 0 radical (unpaired) electrons. The van der Waals surface area contributed by atoms with E-state index in [1.807, 2.05) is 0 Å². The number of nitrogens with zero attached hydrogens (tertiary/aromatic N) is 5. The van der Waals surface area contributed by atoms with Gasteiger partial charge >= 0.3 is 6.18 Å². The first-order valence-electron chi connectivity index (χ1n) is 5.86. The van der Waals surface area contributed by atoms with E-state index in [0.29, 0.717) is 4.40 Å². The van der Waals surface area contributed by atoms with E-state index in [9.17, 15) is 22.0 Å². The van der Waals surface area contributed by atoms with Crippen molar-refractivity contribution in [2.45, 2.75) is 12.6 Å². The molecule has 3 aromatic rings. The molecule has 11 heteroatoms. The Morgan fingerprint density at radius 2 is 1.95 bits per heavy atom. The van der Waals surface area contributed by atoms with Crippen LogP contribution in [0.3, 0.4) is 0 Å². The average molecular weight is 319 g/mol. The van der Waals surface area contributed by atoms with Gasteiger partial charge in [-0.15, -0.1) is 10.2 Å². The van der Waals surface area contributed by atoms with Crippen molar-refractivity contribution in [3.8, 4) is 5.88 Å². The Balaban J connectivity index is 2.30. The zero-order valence-electron chi connectivity index (χ0n) is 10.6. The maximum atomic E-state index is 13.0. The number of fused-ring (bicyclic) bond motifs is 3. The highest BCUT2D eigenvalue weighted by Crippen LogP contribution is 2.31. The highest BCUT2D eigenvalue weighted by molar-refractivity contribution is 5.75. The summed E-state index contributed by atoms with van der Waals surface area (Å²) in [7, 11) is 0. The van der Waals surface area contributed by atoms with Crippen molar-refractivity contribution in [1.29, 1.82) is 0 Å². The van der Waals surface area contributed by atoms with Gasteiger partial charge in [0.15, 0.2) is 12.3 Å². The van der Waals surface area contributed by atoms with Gasteiger partial charge in [0.2, 0.25) is 11.5 Å². The van der Waals surface area contributed by atoms with Crippen LogP contribution in [0, 0.1) is 0 Å². The lowest BCUT2D eigenvalue weighted by molar-refractivity contribution is -0.145. The molecular formula is C11H6F5N5O. The minimum absolute atomic E-state index is 0.0320. The molecule has 0 atom stereocenters. The maximum absolute atomic E-state index is 13.0. The first-order valence-corrected chi connectivity index (χ1v) is 5.86. The molecule has 0 aliphatic rings. The number of rotatable bonds is 3. The fraction of sp³-hybridized carbons (Fsp3) is 0.273. The molecular weight excluding hydrogens is 313 g/mol. The standard InChI is InChI=1S/C11H6F5N5O/c12-6(13)4-22-9-8-19-20-10(11(14,15)16)21(8)7-5(18-9)2-1-3-17-7/h1-3,6H,4H2. The third kappa shape index (κ3) is 2.38. The van der Waals surface area contributed by atoms with Gasteiger partial charge in [0.05, 0.1) is 0 Å². The van der Waals surface area contributed by atoms with Crippen molar-refractivity contribution in [1.82, 2.24) is 24.6 Å². The van der Waals surface area contributed by atoms with E-state index in [0.717, 1.165) is 0 Å². The summed E-state index contributed by atoms with van der Waals surface area (Å²) in [4.78, 5) is 7.67. The van der Waals surface area contributed by atoms with Crippen LogP contribution in [0.1, 0.15) is 5.82 Å². The molecule has 22 heavy (non-hydrogen) atoms. The van der Waals surface area contributed by atoms with Gasteiger partial charge in [-0.05, 0) is 12.1 Å². The van der Waals surface area contributed by atoms with Crippen LogP contribution < -0.4 is 4.74 Å². The monoisotopic (exact) mass is 319 g/mol. The second-order valence-electron chi connectivity index (χ2n) is 4.15. The van der Waals surface area contributed by atoms with Gasteiger partial charge in [-0.3, -0.25) is 0 Å². The van der Waals surface area contributed by atoms with Crippen molar-refractivity contribution in [2.24, 2.45) is 0 Å². The Morgan fingerprint density at radius 3 is 2.64 bits per heavy atom. The van der Waals surface area contributed by atoms with Gasteiger partial charge in [-0.2, -0.15) is 13.2 Å². The molecule has 3 aromatic heterocycles. The number of halogens is 5.